The van der Waals surface area contributed by atoms with E-state index in [9.17, 15) is 4.79 Å². The second kappa shape index (κ2) is 4.97. The van der Waals surface area contributed by atoms with Crippen molar-refractivity contribution < 1.29 is 9.53 Å². The Hall–Kier alpha value is -0.570. The third kappa shape index (κ3) is 2.94. The minimum atomic E-state index is -0.0989. The van der Waals surface area contributed by atoms with Gasteiger partial charge in [0, 0.05) is 5.54 Å². The number of hydrogen-bond donors (Lipinski definition) is 1. The van der Waals surface area contributed by atoms with Gasteiger partial charge in [-0.2, -0.15) is 0 Å². The Labute approximate surface area is 92.6 Å². The van der Waals surface area contributed by atoms with Gasteiger partial charge >= 0.3 is 5.97 Å². The van der Waals surface area contributed by atoms with E-state index in [0.717, 1.165) is 31.2 Å². The first-order chi connectivity index (χ1) is 7.03. The molecule has 1 fully saturated rings. The van der Waals surface area contributed by atoms with E-state index in [4.69, 9.17) is 4.74 Å². The minimum Gasteiger partial charge on any atom is -0.469 e. The summed E-state index contributed by atoms with van der Waals surface area (Å²) in [6, 6.07) is 0. The van der Waals surface area contributed by atoms with Crippen LogP contribution in [0.1, 0.15) is 40.0 Å². The molecule has 0 unspecified atom stereocenters. The highest BCUT2D eigenvalue weighted by molar-refractivity contribution is 5.71. The summed E-state index contributed by atoms with van der Waals surface area (Å²) < 4.78 is 4.74. The topological polar surface area (TPSA) is 38.3 Å². The van der Waals surface area contributed by atoms with E-state index in [0.29, 0.717) is 6.42 Å². The maximum Gasteiger partial charge on any atom is 0.307 e. The van der Waals surface area contributed by atoms with Crippen molar-refractivity contribution in [2.24, 2.45) is 11.8 Å². The van der Waals surface area contributed by atoms with Crippen LogP contribution in [0.25, 0.3) is 0 Å². The molecule has 1 aliphatic carbocycles. The molecule has 1 saturated carbocycles. The Balaban J connectivity index is 2.49. The fraction of sp³-hybridized carbons (Fsp3) is 0.917. The summed E-state index contributed by atoms with van der Waals surface area (Å²) in [5, 5.41) is 3.44. The second-order valence-corrected chi connectivity index (χ2v) is 4.98. The molecule has 0 saturated heterocycles. The molecule has 0 amide bonds. The van der Waals surface area contributed by atoms with E-state index in [2.05, 4.69) is 26.1 Å². The Morgan fingerprint density at radius 2 is 2.13 bits per heavy atom. The molecule has 0 spiro atoms. The number of nitrogens with one attached hydrogen (secondary N) is 1. The van der Waals surface area contributed by atoms with E-state index in [1.807, 2.05) is 0 Å². The first-order valence-electron chi connectivity index (χ1n) is 5.85. The molecule has 1 rings (SSSR count). The van der Waals surface area contributed by atoms with Gasteiger partial charge in [0.1, 0.15) is 0 Å². The highest BCUT2D eigenvalue weighted by Gasteiger charge is 2.45. The van der Waals surface area contributed by atoms with Crippen LogP contribution in [-0.2, 0) is 9.53 Å². The lowest BCUT2D eigenvalue weighted by molar-refractivity contribution is -0.144. The van der Waals surface area contributed by atoms with E-state index >= 15 is 0 Å². The fourth-order valence-electron chi connectivity index (χ4n) is 2.49. The molecule has 0 aromatic heterocycles. The van der Waals surface area contributed by atoms with Gasteiger partial charge in [-0.1, -0.05) is 20.8 Å². The Kier molecular flexibility index (Phi) is 4.14. The normalized spacial score (nSPS) is 30.1. The minimum absolute atomic E-state index is 0.0246. The Bertz CT molecular complexity index is 220. The standard InChI is InChI=1S/C12H23NO2/c1-5-13-12(8-11(14)15-4)6-10(7-12)9(2)3/h9-10,13H,5-8H2,1-4H3. The number of esters is 1. The van der Waals surface area contributed by atoms with Crippen LogP contribution in [-0.4, -0.2) is 25.2 Å². The molecule has 3 nitrogen and oxygen atoms in total. The summed E-state index contributed by atoms with van der Waals surface area (Å²) in [7, 11) is 1.46. The predicted octanol–water partition coefficient (Wildman–Crippen LogP) is 1.96. The number of ether oxygens (including phenoxy) is 1. The van der Waals surface area contributed by atoms with Crippen molar-refractivity contribution in [3.63, 3.8) is 0 Å². The first-order valence-corrected chi connectivity index (χ1v) is 5.85. The monoisotopic (exact) mass is 213 g/mol. The highest BCUT2D eigenvalue weighted by atomic mass is 16.5. The number of carbonyl (C=O) groups is 1. The molecule has 1 aliphatic rings. The summed E-state index contributed by atoms with van der Waals surface area (Å²) in [5.74, 6) is 1.38. The van der Waals surface area contributed by atoms with Crippen LogP contribution in [0.4, 0.5) is 0 Å². The lowest BCUT2D eigenvalue weighted by Crippen LogP contribution is -2.57. The molecule has 3 heteroatoms. The average Bonchev–Trinajstić information content (AvgIpc) is 2.12. The Morgan fingerprint density at radius 1 is 1.53 bits per heavy atom. The van der Waals surface area contributed by atoms with Crippen LogP contribution in [0.2, 0.25) is 0 Å². The van der Waals surface area contributed by atoms with Crippen molar-refractivity contribution in [3.05, 3.63) is 0 Å². The van der Waals surface area contributed by atoms with Gasteiger partial charge in [-0.15, -0.1) is 0 Å². The van der Waals surface area contributed by atoms with Crippen molar-refractivity contribution in [2.45, 2.75) is 45.6 Å². The van der Waals surface area contributed by atoms with Gasteiger partial charge in [-0.05, 0) is 31.2 Å². The molecular formula is C12H23NO2. The smallest absolute Gasteiger partial charge is 0.307 e. The van der Waals surface area contributed by atoms with E-state index in [1.165, 1.54) is 7.11 Å². The summed E-state index contributed by atoms with van der Waals surface area (Å²) in [6.45, 7) is 7.50. The molecule has 88 valence electrons. The van der Waals surface area contributed by atoms with Gasteiger partial charge in [-0.3, -0.25) is 4.79 Å². The van der Waals surface area contributed by atoms with Gasteiger partial charge in [0.05, 0.1) is 13.5 Å². The lowest BCUT2D eigenvalue weighted by atomic mass is 9.62. The maximum atomic E-state index is 11.3. The molecule has 0 aromatic carbocycles. The van der Waals surface area contributed by atoms with Crippen LogP contribution in [0.3, 0.4) is 0 Å². The summed E-state index contributed by atoms with van der Waals surface area (Å²) in [5.41, 5.74) is 0.0246. The first kappa shape index (κ1) is 12.5. The van der Waals surface area contributed by atoms with Crippen LogP contribution in [0.15, 0.2) is 0 Å². The molecule has 0 heterocycles. The summed E-state index contributed by atoms with van der Waals surface area (Å²) in [6.07, 6.45) is 2.72. The van der Waals surface area contributed by atoms with Crippen molar-refractivity contribution >= 4 is 5.97 Å². The van der Waals surface area contributed by atoms with Crippen molar-refractivity contribution in [1.29, 1.82) is 0 Å². The van der Waals surface area contributed by atoms with Crippen LogP contribution in [0, 0.1) is 11.8 Å². The van der Waals surface area contributed by atoms with E-state index in [1.54, 1.807) is 0 Å². The van der Waals surface area contributed by atoms with Crippen molar-refractivity contribution in [3.8, 4) is 0 Å². The maximum absolute atomic E-state index is 11.3. The molecule has 0 atom stereocenters. The predicted molar refractivity (Wildman–Crippen MR) is 60.6 cm³/mol. The van der Waals surface area contributed by atoms with E-state index < -0.39 is 0 Å². The lowest BCUT2D eigenvalue weighted by Gasteiger charge is -2.49. The molecule has 15 heavy (non-hydrogen) atoms. The van der Waals surface area contributed by atoms with Crippen LogP contribution >= 0.6 is 0 Å². The molecule has 0 radical (unpaired) electrons. The van der Waals surface area contributed by atoms with Crippen molar-refractivity contribution in [2.75, 3.05) is 13.7 Å². The third-order valence-electron chi connectivity index (χ3n) is 3.51. The van der Waals surface area contributed by atoms with E-state index in [-0.39, 0.29) is 11.5 Å². The van der Waals surface area contributed by atoms with Gasteiger partial charge in [0.2, 0.25) is 0 Å². The number of rotatable bonds is 5. The second-order valence-electron chi connectivity index (χ2n) is 4.98. The van der Waals surface area contributed by atoms with Gasteiger partial charge in [0.25, 0.3) is 0 Å². The molecule has 0 aromatic rings. The zero-order valence-corrected chi connectivity index (χ0v) is 10.3. The summed E-state index contributed by atoms with van der Waals surface area (Å²) in [4.78, 5) is 11.3. The summed E-state index contributed by atoms with van der Waals surface area (Å²) >= 11 is 0. The SMILES string of the molecule is CCNC1(CC(=O)OC)CC(C(C)C)C1. The molecule has 0 bridgehead atoms. The highest BCUT2D eigenvalue weighted by Crippen LogP contribution is 2.44. The zero-order chi connectivity index (χ0) is 11.5. The average molecular weight is 213 g/mol. The van der Waals surface area contributed by atoms with Gasteiger partial charge < -0.3 is 10.1 Å². The van der Waals surface area contributed by atoms with Gasteiger partial charge in [0.15, 0.2) is 0 Å². The zero-order valence-electron chi connectivity index (χ0n) is 10.3. The van der Waals surface area contributed by atoms with Crippen LogP contribution in [0.5, 0.6) is 0 Å². The third-order valence-corrected chi connectivity index (χ3v) is 3.51. The van der Waals surface area contributed by atoms with Crippen LogP contribution < -0.4 is 5.32 Å². The largest absolute Gasteiger partial charge is 0.469 e. The number of hydrogen-bond acceptors (Lipinski definition) is 3. The molecule has 1 N–H and O–H groups in total. The number of methoxy groups -OCH3 is 1. The molecular weight excluding hydrogens is 190 g/mol. The van der Waals surface area contributed by atoms with Gasteiger partial charge in [-0.25, -0.2) is 0 Å². The molecule has 0 aliphatic heterocycles. The number of carbonyl (C=O) groups excluding carboxylic acids is 1. The van der Waals surface area contributed by atoms with Crippen molar-refractivity contribution in [1.82, 2.24) is 5.32 Å². The Morgan fingerprint density at radius 3 is 2.53 bits per heavy atom. The fourth-order valence-corrected chi connectivity index (χ4v) is 2.49. The quantitative estimate of drug-likeness (QED) is 0.709.